The molecule has 0 bridgehead atoms. The van der Waals surface area contributed by atoms with Gasteiger partial charge in [-0.1, -0.05) is 30.0 Å². The van der Waals surface area contributed by atoms with Crippen molar-refractivity contribution in [2.24, 2.45) is 0 Å². The van der Waals surface area contributed by atoms with Gasteiger partial charge in [-0.2, -0.15) is 0 Å². The van der Waals surface area contributed by atoms with Crippen LogP contribution in [-0.4, -0.2) is 46.0 Å². The van der Waals surface area contributed by atoms with Gasteiger partial charge in [0.05, 0.1) is 12.8 Å². The van der Waals surface area contributed by atoms with E-state index in [1.807, 2.05) is 59.6 Å². The minimum atomic E-state index is 0.140. The average Bonchev–Trinajstić information content (AvgIpc) is 3.39. The van der Waals surface area contributed by atoms with E-state index in [-0.39, 0.29) is 5.91 Å². The Hall–Kier alpha value is -3.63. The minimum Gasteiger partial charge on any atom is -0.481 e. The zero-order chi connectivity index (χ0) is 25.6. The number of ether oxygens (including phenoxy) is 2. The number of aromatic nitrogens is 3. The van der Waals surface area contributed by atoms with Crippen LogP contribution in [0.25, 0.3) is 0 Å². The van der Waals surface area contributed by atoms with Crippen molar-refractivity contribution < 1.29 is 14.3 Å². The van der Waals surface area contributed by atoms with Crippen LogP contribution in [0.3, 0.4) is 0 Å². The lowest BCUT2D eigenvalue weighted by Crippen LogP contribution is -2.36. The van der Waals surface area contributed by atoms with Crippen LogP contribution in [0.1, 0.15) is 31.4 Å². The molecule has 1 aliphatic rings. The number of carbonyl (C=O) groups is 1. The molecule has 10 heteroatoms. The molecule has 1 N–H and O–H groups in total. The van der Waals surface area contributed by atoms with Gasteiger partial charge in [-0.25, -0.2) is 15.0 Å². The molecule has 0 atom stereocenters. The fourth-order valence-electron chi connectivity index (χ4n) is 4.09. The third-order valence-corrected chi connectivity index (χ3v) is 7.78. The summed E-state index contributed by atoms with van der Waals surface area (Å²) < 4.78 is 11.5. The summed E-state index contributed by atoms with van der Waals surface area (Å²) in [5.74, 6) is 2.96. The predicted molar refractivity (Wildman–Crippen MR) is 145 cm³/mol. The van der Waals surface area contributed by atoms with Crippen molar-refractivity contribution in [3.63, 3.8) is 0 Å². The number of carbonyl (C=O) groups excluding carboxylic acids is 1. The molecule has 37 heavy (non-hydrogen) atoms. The molecule has 0 saturated carbocycles. The monoisotopic (exact) mass is 533 g/mol. The Labute approximate surface area is 224 Å². The second-order valence-corrected chi connectivity index (χ2v) is 10.6. The lowest BCUT2D eigenvalue weighted by Gasteiger charge is -2.30. The third kappa shape index (κ3) is 6.39. The van der Waals surface area contributed by atoms with Crippen LogP contribution in [0.4, 0.5) is 10.9 Å². The zero-order valence-corrected chi connectivity index (χ0v) is 22.2. The molecule has 190 valence electrons. The molecule has 4 heterocycles. The molecule has 0 unspecified atom stereocenters. The Balaban J connectivity index is 1.35. The average molecular weight is 534 g/mol. The minimum absolute atomic E-state index is 0.140. The highest BCUT2D eigenvalue weighted by molar-refractivity contribution is 7.99. The lowest BCUT2D eigenvalue weighted by atomic mass is 9.94. The first-order valence-electron chi connectivity index (χ1n) is 12.0. The van der Waals surface area contributed by atoms with Gasteiger partial charge in [0.15, 0.2) is 16.7 Å². The van der Waals surface area contributed by atoms with Crippen LogP contribution in [0.2, 0.25) is 0 Å². The number of pyridine rings is 2. The first-order chi connectivity index (χ1) is 18.1. The molecule has 0 aliphatic carbocycles. The molecule has 5 rings (SSSR count). The number of anilines is 2. The van der Waals surface area contributed by atoms with Crippen LogP contribution in [0.5, 0.6) is 17.4 Å². The number of hydrogen-bond donors (Lipinski definition) is 1. The second kappa shape index (κ2) is 11.6. The Morgan fingerprint density at radius 1 is 1.11 bits per heavy atom. The fourth-order valence-corrected chi connectivity index (χ4v) is 5.72. The van der Waals surface area contributed by atoms with E-state index in [0.717, 1.165) is 52.3 Å². The predicted octanol–water partition coefficient (Wildman–Crippen LogP) is 6.35. The molecule has 1 aliphatic heterocycles. The SMILES string of the molecule is COc1cc(Sc2cnc(Nc3nc(C4CCN(C(C)=O)CC4)cs3)c(Oc3ccccc3)c2)ccn1. The molecular weight excluding hydrogens is 506 g/mol. The van der Waals surface area contributed by atoms with Crippen molar-refractivity contribution in [1.29, 1.82) is 0 Å². The van der Waals surface area contributed by atoms with Gasteiger partial charge in [0.1, 0.15) is 5.75 Å². The summed E-state index contributed by atoms with van der Waals surface area (Å²) in [7, 11) is 1.60. The van der Waals surface area contributed by atoms with E-state index < -0.39 is 0 Å². The summed E-state index contributed by atoms with van der Waals surface area (Å²) in [6, 6.07) is 15.4. The Bertz CT molecular complexity index is 1360. The molecule has 1 aromatic carbocycles. The number of nitrogens with zero attached hydrogens (tertiary/aromatic N) is 4. The standard InChI is InChI=1S/C27H27N5O3S2/c1-18(33)32-12-9-19(10-13-32)23-17-36-27(30-23)31-26-24(35-20-6-4-3-5-7-20)14-22(16-29-26)37-21-8-11-28-25(15-21)34-2/h3-8,11,14-17,19H,9-10,12-13H2,1-2H3,(H,29,30,31). The van der Waals surface area contributed by atoms with E-state index >= 15 is 0 Å². The van der Waals surface area contributed by atoms with E-state index in [0.29, 0.717) is 23.4 Å². The van der Waals surface area contributed by atoms with Crippen LogP contribution < -0.4 is 14.8 Å². The zero-order valence-electron chi connectivity index (χ0n) is 20.6. The maximum Gasteiger partial charge on any atom is 0.219 e. The van der Waals surface area contributed by atoms with Gasteiger partial charge in [-0.15, -0.1) is 11.3 Å². The summed E-state index contributed by atoms with van der Waals surface area (Å²) >= 11 is 3.10. The van der Waals surface area contributed by atoms with E-state index in [2.05, 4.69) is 20.7 Å². The summed E-state index contributed by atoms with van der Waals surface area (Å²) in [4.78, 5) is 29.1. The number of methoxy groups -OCH3 is 1. The lowest BCUT2D eigenvalue weighted by molar-refractivity contribution is -0.129. The molecule has 8 nitrogen and oxygen atoms in total. The molecule has 0 spiro atoms. The Morgan fingerprint density at radius 2 is 1.92 bits per heavy atom. The van der Waals surface area contributed by atoms with Gasteiger partial charge in [0.2, 0.25) is 11.8 Å². The molecule has 4 aromatic rings. The van der Waals surface area contributed by atoms with Gasteiger partial charge >= 0.3 is 0 Å². The number of hydrogen-bond acceptors (Lipinski definition) is 9. The van der Waals surface area contributed by atoms with E-state index in [4.69, 9.17) is 14.5 Å². The van der Waals surface area contributed by atoms with Crippen molar-refractivity contribution in [3.8, 4) is 17.4 Å². The Kier molecular flexibility index (Phi) is 7.86. The molecule has 1 amide bonds. The van der Waals surface area contributed by atoms with Gasteiger partial charge in [-0.3, -0.25) is 4.79 Å². The highest BCUT2D eigenvalue weighted by Gasteiger charge is 2.24. The summed E-state index contributed by atoms with van der Waals surface area (Å²) in [5, 5.41) is 6.21. The van der Waals surface area contributed by atoms with Crippen LogP contribution in [0, 0.1) is 0 Å². The van der Waals surface area contributed by atoms with Crippen molar-refractivity contribution in [3.05, 3.63) is 72.0 Å². The van der Waals surface area contributed by atoms with Crippen LogP contribution in [-0.2, 0) is 4.79 Å². The van der Waals surface area contributed by atoms with Gasteiger partial charge in [-0.05, 0) is 31.0 Å². The van der Waals surface area contributed by atoms with Gasteiger partial charge in [0.25, 0.3) is 0 Å². The number of benzene rings is 1. The van der Waals surface area contributed by atoms with Gasteiger partial charge in [0, 0.05) is 65.6 Å². The number of para-hydroxylation sites is 1. The largest absolute Gasteiger partial charge is 0.481 e. The fraction of sp³-hybridized carbons (Fsp3) is 0.259. The summed E-state index contributed by atoms with van der Waals surface area (Å²) in [6.45, 7) is 3.18. The first-order valence-corrected chi connectivity index (χ1v) is 13.7. The highest BCUT2D eigenvalue weighted by Crippen LogP contribution is 2.38. The van der Waals surface area contributed by atoms with Crippen LogP contribution >= 0.6 is 23.1 Å². The van der Waals surface area contributed by atoms with Crippen molar-refractivity contribution >= 4 is 40.0 Å². The molecule has 0 radical (unpaired) electrons. The van der Waals surface area contributed by atoms with E-state index in [1.165, 1.54) is 0 Å². The number of nitrogens with one attached hydrogen (secondary N) is 1. The summed E-state index contributed by atoms with van der Waals surface area (Å²) in [6.07, 6.45) is 5.38. The molecule has 1 fully saturated rings. The number of thiazole rings is 1. The van der Waals surface area contributed by atoms with Crippen molar-refractivity contribution in [2.45, 2.75) is 35.5 Å². The second-order valence-electron chi connectivity index (χ2n) is 8.55. The van der Waals surface area contributed by atoms with Gasteiger partial charge < -0.3 is 19.7 Å². The summed E-state index contributed by atoms with van der Waals surface area (Å²) in [5.41, 5.74) is 1.06. The van der Waals surface area contributed by atoms with Crippen LogP contribution in [0.15, 0.2) is 76.1 Å². The number of amides is 1. The van der Waals surface area contributed by atoms with Crippen molar-refractivity contribution in [1.82, 2.24) is 19.9 Å². The quantitative estimate of drug-likeness (QED) is 0.280. The molecule has 3 aromatic heterocycles. The molecular formula is C27H27N5O3S2. The topological polar surface area (TPSA) is 89.5 Å². The van der Waals surface area contributed by atoms with E-state index in [9.17, 15) is 4.79 Å². The smallest absolute Gasteiger partial charge is 0.219 e. The molecule has 1 saturated heterocycles. The maximum absolute atomic E-state index is 11.6. The number of piperidine rings is 1. The number of rotatable bonds is 8. The van der Waals surface area contributed by atoms with E-state index in [1.54, 1.807) is 43.3 Å². The first kappa shape index (κ1) is 25.0. The Morgan fingerprint density at radius 3 is 2.68 bits per heavy atom. The van der Waals surface area contributed by atoms with Crippen molar-refractivity contribution in [2.75, 3.05) is 25.5 Å². The maximum atomic E-state index is 11.6. The highest BCUT2D eigenvalue weighted by atomic mass is 32.2. The normalized spacial score (nSPS) is 13.8. The number of likely N-dealkylation sites (tertiary alicyclic amines) is 1. The third-order valence-electron chi connectivity index (χ3n) is 6.06.